The molecule has 1 saturated carbocycles. The fourth-order valence-corrected chi connectivity index (χ4v) is 4.55. The molecule has 3 atom stereocenters. The van der Waals surface area contributed by atoms with Gasteiger partial charge in [0.25, 0.3) is 5.91 Å². The Balaban J connectivity index is 1.58. The average Bonchev–Trinajstić information content (AvgIpc) is 3.42. The number of fused-ring (bicyclic) bond motifs is 1. The number of ether oxygens (including phenoxy) is 1. The van der Waals surface area contributed by atoms with Gasteiger partial charge in [-0.25, -0.2) is 0 Å². The lowest BCUT2D eigenvalue weighted by Gasteiger charge is -2.37. The second kappa shape index (κ2) is 7.16. The summed E-state index contributed by atoms with van der Waals surface area (Å²) in [4.78, 5) is 27.9. The molecular weight excluding hydrogens is 346 g/mol. The van der Waals surface area contributed by atoms with Crippen LogP contribution in [-0.2, 0) is 14.3 Å². The van der Waals surface area contributed by atoms with Crippen molar-refractivity contribution in [3.8, 4) is 0 Å². The van der Waals surface area contributed by atoms with Crippen LogP contribution in [0.1, 0.15) is 24.9 Å². The van der Waals surface area contributed by atoms with E-state index in [2.05, 4.69) is 0 Å². The fraction of sp³-hybridized carbons (Fsp3) is 0.333. The van der Waals surface area contributed by atoms with Gasteiger partial charge < -0.3 is 4.74 Å². The van der Waals surface area contributed by atoms with Crippen LogP contribution in [-0.4, -0.2) is 24.2 Å². The minimum atomic E-state index is -0.248. The number of hydrogen-bond donors (Lipinski definition) is 0. The van der Waals surface area contributed by atoms with Gasteiger partial charge in [0.15, 0.2) is 6.61 Å². The zero-order chi connectivity index (χ0) is 18.1. The molecule has 134 valence electrons. The number of nitrogens with zero attached hydrogens (tertiary/aromatic N) is 1. The van der Waals surface area contributed by atoms with E-state index in [-0.39, 0.29) is 30.4 Å². The van der Waals surface area contributed by atoms with E-state index in [1.54, 1.807) is 16.7 Å². The summed E-state index contributed by atoms with van der Waals surface area (Å²) in [5.74, 6) is 0.703. The summed E-state index contributed by atoms with van der Waals surface area (Å²) in [6, 6.07) is 17.8. The number of carbonyl (C=O) groups is 2. The first-order chi connectivity index (χ1) is 12.6. The number of para-hydroxylation sites is 1. The second-order valence-electron chi connectivity index (χ2n) is 6.90. The molecule has 0 N–H and O–H groups in total. The number of carbonyl (C=O) groups excluding carboxylic acids is 2. The quantitative estimate of drug-likeness (QED) is 0.765. The van der Waals surface area contributed by atoms with Crippen LogP contribution in [0, 0.1) is 11.8 Å². The van der Waals surface area contributed by atoms with E-state index in [0.717, 1.165) is 28.3 Å². The Morgan fingerprint density at radius 3 is 2.54 bits per heavy atom. The molecule has 0 saturated heterocycles. The molecule has 0 bridgehead atoms. The predicted octanol–water partition coefficient (Wildman–Crippen LogP) is 4.07. The maximum atomic E-state index is 13.0. The Bertz CT molecular complexity index is 823. The van der Waals surface area contributed by atoms with Crippen LogP contribution in [0.15, 0.2) is 59.5 Å². The van der Waals surface area contributed by atoms with Crippen molar-refractivity contribution < 1.29 is 14.3 Å². The Hall–Kier alpha value is -2.27. The fourth-order valence-electron chi connectivity index (χ4n) is 3.38. The number of anilines is 1. The molecule has 5 heteroatoms. The maximum Gasteiger partial charge on any atom is 0.309 e. The standard InChI is InChI=1S/C21H21NO3S/c1-14-11-16(14)21(24)25-12-20(23)22-17-9-5-6-10-19(17)26-13-18(22)15-7-3-2-4-8-15/h2-10,14,16,18H,11-13H2,1H3/t14-,16-,18+/m0/s1. The Labute approximate surface area is 157 Å². The third-order valence-corrected chi connectivity index (χ3v) is 6.17. The monoisotopic (exact) mass is 367 g/mol. The number of rotatable bonds is 4. The van der Waals surface area contributed by atoms with Crippen LogP contribution in [0.3, 0.4) is 0 Å². The van der Waals surface area contributed by atoms with Gasteiger partial charge in [0.2, 0.25) is 0 Å². The van der Waals surface area contributed by atoms with Crippen LogP contribution >= 0.6 is 11.8 Å². The lowest BCUT2D eigenvalue weighted by atomic mass is 10.1. The molecule has 4 nitrogen and oxygen atoms in total. The normalized spacial score (nSPS) is 23.9. The largest absolute Gasteiger partial charge is 0.455 e. The molecule has 1 fully saturated rings. The highest BCUT2D eigenvalue weighted by Crippen LogP contribution is 2.43. The molecule has 0 radical (unpaired) electrons. The maximum absolute atomic E-state index is 13.0. The third-order valence-electron chi connectivity index (χ3n) is 5.04. The molecule has 1 aliphatic carbocycles. The van der Waals surface area contributed by atoms with Gasteiger partial charge in [0.1, 0.15) is 0 Å². The number of amides is 1. The summed E-state index contributed by atoms with van der Waals surface area (Å²) >= 11 is 1.75. The van der Waals surface area contributed by atoms with Gasteiger partial charge in [-0.05, 0) is 30.0 Å². The first-order valence-corrected chi connectivity index (χ1v) is 9.89. The number of hydrogen-bond acceptors (Lipinski definition) is 4. The van der Waals surface area contributed by atoms with Crippen molar-refractivity contribution >= 4 is 29.3 Å². The van der Waals surface area contributed by atoms with E-state index in [1.807, 2.05) is 61.5 Å². The molecular formula is C21H21NO3S. The molecule has 2 aromatic rings. The Kier molecular flexibility index (Phi) is 4.72. The van der Waals surface area contributed by atoms with Crippen LogP contribution < -0.4 is 4.90 Å². The third kappa shape index (κ3) is 3.36. The molecule has 2 aliphatic rings. The summed E-state index contributed by atoms with van der Waals surface area (Å²) in [5, 5.41) is 0. The van der Waals surface area contributed by atoms with Crippen molar-refractivity contribution in [2.24, 2.45) is 11.8 Å². The van der Waals surface area contributed by atoms with Crippen LogP contribution in [0.25, 0.3) is 0 Å². The van der Waals surface area contributed by atoms with E-state index in [1.165, 1.54) is 0 Å². The summed E-state index contributed by atoms with van der Waals surface area (Å²) in [6.45, 7) is 1.82. The van der Waals surface area contributed by atoms with Crippen LogP contribution in [0.4, 0.5) is 5.69 Å². The van der Waals surface area contributed by atoms with E-state index >= 15 is 0 Å². The minimum absolute atomic E-state index is 0.0306. The van der Waals surface area contributed by atoms with Crippen molar-refractivity contribution in [2.75, 3.05) is 17.3 Å². The molecule has 0 unspecified atom stereocenters. The van der Waals surface area contributed by atoms with E-state index in [0.29, 0.717) is 5.92 Å². The van der Waals surface area contributed by atoms with Crippen molar-refractivity contribution in [3.63, 3.8) is 0 Å². The average molecular weight is 367 g/mol. The van der Waals surface area contributed by atoms with Gasteiger partial charge >= 0.3 is 5.97 Å². The molecule has 0 spiro atoms. The van der Waals surface area contributed by atoms with Gasteiger partial charge in [-0.1, -0.05) is 49.4 Å². The highest BCUT2D eigenvalue weighted by Gasteiger charge is 2.41. The summed E-state index contributed by atoms with van der Waals surface area (Å²) in [7, 11) is 0. The lowest BCUT2D eigenvalue weighted by Crippen LogP contribution is -2.41. The summed E-state index contributed by atoms with van der Waals surface area (Å²) < 4.78 is 5.31. The number of benzene rings is 2. The van der Waals surface area contributed by atoms with Crippen LogP contribution in [0.5, 0.6) is 0 Å². The minimum Gasteiger partial charge on any atom is -0.455 e. The molecule has 1 aliphatic heterocycles. The van der Waals surface area contributed by atoms with Gasteiger partial charge in [0, 0.05) is 10.6 Å². The van der Waals surface area contributed by atoms with E-state index < -0.39 is 0 Å². The van der Waals surface area contributed by atoms with Crippen molar-refractivity contribution in [1.82, 2.24) is 0 Å². The first kappa shape index (κ1) is 17.2. The molecule has 4 rings (SSSR count). The van der Waals surface area contributed by atoms with Crippen molar-refractivity contribution in [2.45, 2.75) is 24.3 Å². The topological polar surface area (TPSA) is 46.6 Å². The van der Waals surface area contributed by atoms with Crippen LogP contribution in [0.2, 0.25) is 0 Å². The highest BCUT2D eigenvalue weighted by molar-refractivity contribution is 7.99. The van der Waals surface area contributed by atoms with Crippen molar-refractivity contribution in [1.29, 1.82) is 0 Å². The first-order valence-electron chi connectivity index (χ1n) is 8.90. The smallest absolute Gasteiger partial charge is 0.309 e. The predicted molar refractivity (Wildman–Crippen MR) is 102 cm³/mol. The van der Waals surface area contributed by atoms with Gasteiger partial charge in [-0.15, -0.1) is 11.8 Å². The van der Waals surface area contributed by atoms with E-state index in [9.17, 15) is 9.59 Å². The van der Waals surface area contributed by atoms with Crippen molar-refractivity contribution in [3.05, 3.63) is 60.2 Å². The van der Waals surface area contributed by atoms with Gasteiger partial charge in [-0.3, -0.25) is 14.5 Å². The van der Waals surface area contributed by atoms with Gasteiger partial charge in [0.05, 0.1) is 17.6 Å². The molecule has 2 aromatic carbocycles. The molecule has 1 heterocycles. The summed E-state index contributed by atoms with van der Waals surface area (Å²) in [6.07, 6.45) is 0.864. The summed E-state index contributed by atoms with van der Waals surface area (Å²) in [5.41, 5.74) is 1.98. The lowest BCUT2D eigenvalue weighted by molar-refractivity contribution is -0.149. The Morgan fingerprint density at radius 2 is 1.81 bits per heavy atom. The Morgan fingerprint density at radius 1 is 1.12 bits per heavy atom. The molecule has 0 aromatic heterocycles. The highest BCUT2D eigenvalue weighted by atomic mass is 32.2. The second-order valence-corrected chi connectivity index (χ2v) is 7.96. The zero-order valence-electron chi connectivity index (χ0n) is 14.6. The van der Waals surface area contributed by atoms with Gasteiger partial charge in [-0.2, -0.15) is 0 Å². The molecule has 26 heavy (non-hydrogen) atoms. The van der Waals surface area contributed by atoms with E-state index in [4.69, 9.17) is 4.74 Å². The number of esters is 1. The molecule has 1 amide bonds. The number of thioether (sulfide) groups is 1. The zero-order valence-corrected chi connectivity index (χ0v) is 15.4. The SMILES string of the molecule is C[C@H]1C[C@@H]1C(=O)OCC(=O)N1c2ccccc2SC[C@@H]1c1ccccc1.